The maximum absolute atomic E-state index is 14.7. The molecule has 7 nitrogen and oxygen atoms in total. The number of halogens is 1. The molecule has 1 unspecified atom stereocenters. The highest BCUT2D eigenvalue weighted by atomic mass is 35.5. The third kappa shape index (κ3) is 9.02. The van der Waals surface area contributed by atoms with Gasteiger partial charge in [-0.25, -0.2) is 8.42 Å². The van der Waals surface area contributed by atoms with Crippen LogP contribution < -0.4 is 9.62 Å². The molecule has 0 bridgehead atoms. The molecule has 0 heterocycles. The molecule has 0 aromatic heterocycles. The lowest BCUT2D eigenvalue weighted by Crippen LogP contribution is -2.55. The number of hydrogen-bond acceptors (Lipinski definition) is 4. The Morgan fingerprint density at radius 3 is 2.02 bits per heavy atom. The number of nitrogens with zero attached hydrogens (tertiary/aromatic N) is 2. The van der Waals surface area contributed by atoms with E-state index in [1.165, 1.54) is 17.0 Å². The van der Waals surface area contributed by atoms with Crippen molar-refractivity contribution in [1.29, 1.82) is 0 Å². The Bertz CT molecular complexity index is 1740. The first kappa shape index (κ1) is 34.2. The summed E-state index contributed by atoms with van der Waals surface area (Å²) in [6.45, 7) is 3.39. The standard InChI is InChI=1S/C38H42ClN3O4S/c1-28-22-29(2)24-34(23-28)42(47(45,46)35-16-10-5-11-17-35)27-37(43)41(26-31-18-20-32(39)21-19-31)36(25-30-12-6-3-7-13-30)38(44)40-33-14-8-4-9-15-33/h3,5-7,10-13,16-24,33,36H,4,8-9,14-15,25-27H2,1-2H3,(H,40,44). The van der Waals surface area contributed by atoms with Gasteiger partial charge >= 0.3 is 0 Å². The third-order valence-electron chi connectivity index (χ3n) is 8.59. The van der Waals surface area contributed by atoms with Gasteiger partial charge in [0.15, 0.2) is 0 Å². The number of amides is 2. The molecule has 4 aromatic carbocycles. The van der Waals surface area contributed by atoms with Crippen LogP contribution in [-0.4, -0.2) is 43.8 Å². The second-order valence-electron chi connectivity index (χ2n) is 12.4. The highest BCUT2D eigenvalue weighted by Gasteiger charge is 2.35. The molecule has 1 atom stereocenters. The predicted octanol–water partition coefficient (Wildman–Crippen LogP) is 7.24. The zero-order chi connectivity index (χ0) is 33.4. The first-order valence-electron chi connectivity index (χ1n) is 16.1. The summed E-state index contributed by atoms with van der Waals surface area (Å²) in [5.74, 6) is -0.731. The van der Waals surface area contributed by atoms with Crippen molar-refractivity contribution in [2.45, 2.75) is 75.9 Å². The molecule has 9 heteroatoms. The highest BCUT2D eigenvalue weighted by molar-refractivity contribution is 7.92. The van der Waals surface area contributed by atoms with Crippen molar-refractivity contribution in [2.75, 3.05) is 10.8 Å². The topological polar surface area (TPSA) is 86.8 Å². The van der Waals surface area contributed by atoms with Gasteiger partial charge in [-0.05, 0) is 85.3 Å². The molecule has 1 aliphatic carbocycles. The van der Waals surface area contributed by atoms with Crippen LogP contribution in [0.1, 0.15) is 54.4 Å². The van der Waals surface area contributed by atoms with Gasteiger partial charge in [-0.2, -0.15) is 0 Å². The Balaban J connectivity index is 1.57. The van der Waals surface area contributed by atoms with Crippen molar-refractivity contribution in [3.05, 3.63) is 130 Å². The van der Waals surface area contributed by atoms with Crippen LogP contribution in [0.3, 0.4) is 0 Å². The van der Waals surface area contributed by atoms with E-state index >= 15 is 0 Å². The van der Waals surface area contributed by atoms with Crippen LogP contribution in [0, 0.1) is 13.8 Å². The van der Waals surface area contributed by atoms with E-state index in [-0.39, 0.29) is 29.8 Å². The molecule has 1 fully saturated rings. The van der Waals surface area contributed by atoms with Crippen LogP contribution >= 0.6 is 11.6 Å². The molecular formula is C38H42ClN3O4S. The Morgan fingerprint density at radius 1 is 0.809 bits per heavy atom. The molecule has 47 heavy (non-hydrogen) atoms. The van der Waals surface area contributed by atoms with Gasteiger partial charge in [-0.15, -0.1) is 0 Å². The Kier molecular flexibility index (Phi) is 11.4. The number of carbonyl (C=O) groups excluding carboxylic acids is 2. The third-order valence-corrected chi connectivity index (χ3v) is 10.6. The van der Waals surface area contributed by atoms with Gasteiger partial charge in [0.05, 0.1) is 10.6 Å². The lowest BCUT2D eigenvalue weighted by atomic mass is 9.94. The maximum Gasteiger partial charge on any atom is 0.264 e. The van der Waals surface area contributed by atoms with Gasteiger partial charge in [0.1, 0.15) is 12.6 Å². The van der Waals surface area contributed by atoms with Gasteiger partial charge in [-0.1, -0.05) is 97.6 Å². The zero-order valence-electron chi connectivity index (χ0n) is 26.9. The first-order valence-corrected chi connectivity index (χ1v) is 18.0. The molecule has 1 N–H and O–H groups in total. The lowest BCUT2D eigenvalue weighted by Gasteiger charge is -2.35. The number of sulfonamides is 1. The summed E-state index contributed by atoms with van der Waals surface area (Å²) >= 11 is 6.19. The van der Waals surface area contributed by atoms with Crippen molar-refractivity contribution >= 4 is 39.1 Å². The number of carbonyl (C=O) groups is 2. The van der Waals surface area contributed by atoms with E-state index < -0.39 is 28.5 Å². The molecule has 4 aromatic rings. The summed E-state index contributed by atoms with van der Waals surface area (Å²) in [6.07, 6.45) is 5.29. The smallest absolute Gasteiger partial charge is 0.264 e. The van der Waals surface area contributed by atoms with E-state index in [9.17, 15) is 18.0 Å². The molecule has 246 valence electrons. The second-order valence-corrected chi connectivity index (χ2v) is 14.7. The van der Waals surface area contributed by atoms with E-state index in [0.29, 0.717) is 10.7 Å². The minimum atomic E-state index is -4.15. The van der Waals surface area contributed by atoms with Crippen LogP contribution in [0.2, 0.25) is 5.02 Å². The number of nitrogens with one attached hydrogen (secondary N) is 1. The number of rotatable bonds is 12. The molecule has 0 radical (unpaired) electrons. The second kappa shape index (κ2) is 15.6. The minimum Gasteiger partial charge on any atom is -0.352 e. The van der Waals surface area contributed by atoms with Crippen molar-refractivity contribution in [2.24, 2.45) is 0 Å². The molecule has 0 spiro atoms. The number of hydrogen-bond donors (Lipinski definition) is 1. The number of aryl methyl sites for hydroxylation is 2. The Morgan fingerprint density at radius 2 is 1.40 bits per heavy atom. The maximum atomic E-state index is 14.7. The number of benzene rings is 4. The van der Waals surface area contributed by atoms with Crippen LogP contribution in [0.4, 0.5) is 5.69 Å². The van der Waals surface area contributed by atoms with Crippen LogP contribution in [0.25, 0.3) is 0 Å². The van der Waals surface area contributed by atoms with Crippen molar-refractivity contribution < 1.29 is 18.0 Å². The Labute approximate surface area is 283 Å². The monoisotopic (exact) mass is 671 g/mol. The molecule has 1 saturated carbocycles. The lowest BCUT2D eigenvalue weighted by molar-refractivity contribution is -0.140. The molecule has 5 rings (SSSR count). The van der Waals surface area contributed by atoms with Crippen LogP contribution in [-0.2, 0) is 32.6 Å². The minimum absolute atomic E-state index is 0.0345. The van der Waals surface area contributed by atoms with Crippen molar-refractivity contribution in [3.63, 3.8) is 0 Å². The highest BCUT2D eigenvalue weighted by Crippen LogP contribution is 2.27. The molecule has 0 saturated heterocycles. The van der Waals surface area contributed by atoms with Crippen LogP contribution in [0.15, 0.2) is 108 Å². The molecular weight excluding hydrogens is 630 g/mol. The van der Waals surface area contributed by atoms with Crippen LogP contribution in [0.5, 0.6) is 0 Å². The summed E-state index contributed by atoms with van der Waals surface area (Å²) in [5, 5.41) is 3.79. The predicted molar refractivity (Wildman–Crippen MR) is 188 cm³/mol. The van der Waals surface area contributed by atoms with Gasteiger partial charge < -0.3 is 10.2 Å². The van der Waals surface area contributed by atoms with Gasteiger partial charge in [0.2, 0.25) is 11.8 Å². The van der Waals surface area contributed by atoms with E-state index in [1.54, 1.807) is 42.5 Å². The van der Waals surface area contributed by atoms with Gasteiger partial charge in [0.25, 0.3) is 10.0 Å². The summed E-state index contributed by atoms with van der Waals surface area (Å²) in [7, 11) is -4.15. The summed E-state index contributed by atoms with van der Waals surface area (Å²) in [5.41, 5.74) is 3.79. The Hall–Kier alpha value is -4.14. The van der Waals surface area contributed by atoms with Crippen molar-refractivity contribution in [3.8, 4) is 0 Å². The fraction of sp³-hybridized carbons (Fsp3) is 0.316. The summed E-state index contributed by atoms with van der Waals surface area (Å²) in [6, 6.07) is 29.5. The fourth-order valence-corrected chi connectivity index (χ4v) is 7.77. The zero-order valence-corrected chi connectivity index (χ0v) is 28.5. The van der Waals surface area contributed by atoms with Gasteiger partial charge in [0, 0.05) is 24.0 Å². The van der Waals surface area contributed by atoms with E-state index in [1.807, 2.05) is 62.4 Å². The summed E-state index contributed by atoms with van der Waals surface area (Å²) in [4.78, 5) is 30.5. The average Bonchev–Trinajstić information content (AvgIpc) is 3.06. The van der Waals surface area contributed by atoms with E-state index in [4.69, 9.17) is 11.6 Å². The largest absolute Gasteiger partial charge is 0.352 e. The molecule has 2 amide bonds. The van der Waals surface area contributed by atoms with Gasteiger partial charge in [-0.3, -0.25) is 13.9 Å². The fourth-order valence-electron chi connectivity index (χ4n) is 6.23. The normalized spacial score (nSPS) is 14.3. The first-order chi connectivity index (χ1) is 22.6. The average molecular weight is 672 g/mol. The van der Waals surface area contributed by atoms with E-state index in [2.05, 4.69) is 5.32 Å². The summed E-state index contributed by atoms with van der Waals surface area (Å²) < 4.78 is 29.6. The van der Waals surface area contributed by atoms with E-state index in [0.717, 1.165) is 58.7 Å². The molecule has 0 aliphatic heterocycles. The molecule has 1 aliphatic rings. The number of anilines is 1. The quantitative estimate of drug-likeness (QED) is 0.172. The SMILES string of the molecule is Cc1cc(C)cc(N(CC(=O)N(Cc2ccc(Cl)cc2)C(Cc2ccccc2)C(=O)NC2CCCCC2)S(=O)(=O)c2ccccc2)c1. The van der Waals surface area contributed by atoms with Crippen molar-refractivity contribution in [1.82, 2.24) is 10.2 Å².